The molecule has 1 aliphatic rings. The number of hydrogen-bond donors (Lipinski definition) is 3. The monoisotopic (exact) mass is 369 g/mol. The van der Waals surface area contributed by atoms with E-state index in [-0.39, 0.29) is 24.9 Å². The summed E-state index contributed by atoms with van der Waals surface area (Å²) in [5, 5.41) is 6.31. The average Bonchev–Trinajstić information content (AvgIpc) is 2.59. The Hall–Kier alpha value is -1.79. The lowest BCUT2D eigenvalue weighted by Gasteiger charge is -2.27. The number of rotatable bonds is 8. The van der Waals surface area contributed by atoms with Gasteiger partial charge in [0.05, 0.1) is 0 Å². The van der Waals surface area contributed by atoms with Crippen molar-refractivity contribution in [3.63, 3.8) is 0 Å². The maximum Gasteiger partial charge on any atom is 0.255 e. The lowest BCUT2D eigenvalue weighted by molar-refractivity contribution is -0.122. The molecule has 0 bridgehead atoms. The van der Waals surface area contributed by atoms with E-state index in [4.69, 9.17) is 10.5 Å². The first kappa shape index (κ1) is 21.3. The van der Waals surface area contributed by atoms with E-state index >= 15 is 0 Å². The lowest BCUT2D eigenvalue weighted by atomic mass is 9.84. The molecule has 2 rings (SSSR count). The third-order valence-corrected chi connectivity index (χ3v) is 4.47. The minimum absolute atomic E-state index is 0. The number of ether oxygens (including phenoxy) is 1. The van der Waals surface area contributed by atoms with Crippen LogP contribution in [0.4, 0.5) is 0 Å². The molecule has 1 fully saturated rings. The summed E-state index contributed by atoms with van der Waals surface area (Å²) >= 11 is 0. The van der Waals surface area contributed by atoms with Gasteiger partial charge in [-0.3, -0.25) is 9.59 Å². The van der Waals surface area contributed by atoms with Crippen LogP contribution in [0.1, 0.15) is 31.7 Å². The number of piperidine rings is 1. The van der Waals surface area contributed by atoms with Gasteiger partial charge in [0.1, 0.15) is 5.75 Å². The van der Waals surface area contributed by atoms with Crippen LogP contribution >= 0.6 is 12.4 Å². The topological polar surface area (TPSA) is 93.4 Å². The van der Waals surface area contributed by atoms with Gasteiger partial charge in [0, 0.05) is 13.0 Å². The molecular weight excluding hydrogens is 342 g/mol. The maximum absolute atomic E-state index is 12.2. The van der Waals surface area contributed by atoms with Crippen molar-refractivity contribution in [3.8, 4) is 5.75 Å². The Morgan fingerprint density at radius 3 is 2.76 bits per heavy atom. The summed E-state index contributed by atoms with van der Waals surface area (Å²) in [7, 11) is 0. The summed E-state index contributed by atoms with van der Waals surface area (Å²) in [5.41, 5.74) is 5.99. The number of hydrogen-bond acceptors (Lipinski definition) is 4. The minimum atomic E-state index is -0.513. The molecule has 1 aromatic rings. The quantitative estimate of drug-likeness (QED) is 0.649. The van der Waals surface area contributed by atoms with Gasteiger partial charge in [-0.25, -0.2) is 0 Å². The van der Waals surface area contributed by atoms with E-state index in [1.54, 1.807) is 12.1 Å². The molecule has 2 amide bonds. The number of primary amides is 1. The van der Waals surface area contributed by atoms with E-state index in [1.165, 1.54) is 0 Å². The molecule has 1 heterocycles. The van der Waals surface area contributed by atoms with Gasteiger partial charge in [0.2, 0.25) is 5.91 Å². The van der Waals surface area contributed by atoms with Gasteiger partial charge in [-0.05, 0) is 55.5 Å². The normalized spacial score (nSPS) is 15.7. The Morgan fingerprint density at radius 2 is 2.08 bits per heavy atom. The Morgan fingerprint density at radius 1 is 1.36 bits per heavy atom. The highest BCUT2D eigenvalue weighted by atomic mass is 35.5. The summed E-state index contributed by atoms with van der Waals surface area (Å²) in [5.74, 6) is 1.16. The summed E-state index contributed by atoms with van der Waals surface area (Å²) in [6, 6.07) is 7.30. The van der Waals surface area contributed by atoms with Gasteiger partial charge < -0.3 is 21.1 Å². The largest absolute Gasteiger partial charge is 0.484 e. The summed E-state index contributed by atoms with van der Waals surface area (Å²) < 4.78 is 5.27. The van der Waals surface area contributed by atoms with Gasteiger partial charge in [-0.2, -0.15) is 0 Å². The smallest absolute Gasteiger partial charge is 0.255 e. The van der Waals surface area contributed by atoms with Crippen LogP contribution in [0, 0.1) is 11.8 Å². The van der Waals surface area contributed by atoms with E-state index in [0.717, 1.165) is 31.5 Å². The highest BCUT2D eigenvalue weighted by Gasteiger charge is 2.21. The van der Waals surface area contributed by atoms with Crippen molar-refractivity contribution in [2.24, 2.45) is 17.6 Å². The number of nitrogens with one attached hydrogen (secondary N) is 2. The van der Waals surface area contributed by atoms with Crippen LogP contribution in [-0.4, -0.2) is 31.5 Å². The molecule has 1 unspecified atom stereocenters. The molecule has 1 aliphatic heterocycles. The van der Waals surface area contributed by atoms with Crippen LogP contribution in [-0.2, 0) is 16.1 Å². The predicted molar refractivity (Wildman–Crippen MR) is 99.6 cm³/mol. The van der Waals surface area contributed by atoms with Crippen LogP contribution in [0.3, 0.4) is 0 Å². The van der Waals surface area contributed by atoms with Gasteiger partial charge in [-0.1, -0.05) is 19.1 Å². The first-order valence-electron chi connectivity index (χ1n) is 8.52. The molecule has 7 heteroatoms. The van der Waals surface area contributed by atoms with Crippen molar-refractivity contribution in [1.29, 1.82) is 0 Å². The Balaban J connectivity index is 0.00000312. The van der Waals surface area contributed by atoms with Crippen molar-refractivity contribution in [2.45, 2.75) is 32.7 Å². The van der Waals surface area contributed by atoms with Crippen LogP contribution in [0.25, 0.3) is 0 Å². The maximum atomic E-state index is 12.2. The van der Waals surface area contributed by atoms with Crippen molar-refractivity contribution in [2.75, 3.05) is 19.7 Å². The number of carbonyl (C=O) groups is 2. The zero-order chi connectivity index (χ0) is 17.4. The average molecular weight is 370 g/mol. The van der Waals surface area contributed by atoms with Gasteiger partial charge >= 0.3 is 0 Å². The second-order valence-electron chi connectivity index (χ2n) is 6.45. The van der Waals surface area contributed by atoms with Gasteiger partial charge in [0.25, 0.3) is 5.91 Å². The molecule has 0 saturated carbocycles. The van der Waals surface area contributed by atoms with Crippen LogP contribution in [0.2, 0.25) is 0 Å². The van der Waals surface area contributed by atoms with E-state index in [9.17, 15) is 9.59 Å². The summed E-state index contributed by atoms with van der Waals surface area (Å²) in [4.78, 5) is 22.9. The van der Waals surface area contributed by atoms with E-state index in [2.05, 4.69) is 17.6 Å². The number of halogens is 1. The molecule has 1 atom stereocenters. The van der Waals surface area contributed by atoms with Crippen molar-refractivity contribution >= 4 is 24.2 Å². The molecule has 1 saturated heterocycles. The highest BCUT2D eigenvalue weighted by molar-refractivity contribution is 5.85. The number of benzene rings is 1. The van der Waals surface area contributed by atoms with Crippen molar-refractivity contribution < 1.29 is 14.3 Å². The lowest BCUT2D eigenvalue weighted by Crippen LogP contribution is -2.33. The van der Waals surface area contributed by atoms with E-state index in [1.807, 2.05) is 12.1 Å². The number of nitrogens with two attached hydrogens (primary N) is 1. The fraction of sp³-hybridized carbons (Fsp3) is 0.556. The van der Waals surface area contributed by atoms with E-state index < -0.39 is 5.91 Å². The second-order valence-corrected chi connectivity index (χ2v) is 6.45. The summed E-state index contributed by atoms with van der Waals surface area (Å²) in [6.45, 7) is 4.56. The molecule has 0 spiro atoms. The van der Waals surface area contributed by atoms with Gasteiger partial charge in [-0.15, -0.1) is 12.4 Å². The molecular formula is C18H28ClN3O3. The molecule has 6 nitrogen and oxygen atoms in total. The summed E-state index contributed by atoms with van der Waals surface area (Å²) in [6.07, 6.45) is 2.85. The van der Waals surface area contributed by atoms with Crippen LogP contribution in [0.5, 0.6) is 5.75 Å². The van der Waals surface area contributed by atoms with E-state index in [0.29, 0.717) is 30.6 Å². The van der Waals surface area contributed by atoms with Crippen molar-refractivity contribution in [3.05, 3.63) is 29.8 Å². The molecule has 25 heavy (non-hydrogen) atoms. The molecule has 1 aromatic carbocycles. The van der Waals surface area contributed by atoms with Gasteiger partial charge in [0.15, 0.2) is 6.61 Å². The zero-order valence-corrected chi connectivity index (χ0v) is 15.4. The molecule has 0 radical (unpaired) electrons. The molecule has 0 aliphatic carbocycles. The first-order valence-corrected chi connectivity index (χ1v) is 8.52. The highest BCUT2D eigenvalue weighted by Crippen LogP contribution is 2.24. The first-order chi connectivity index (χ1) is 11.5. The molecule has 4 N–H and O–H groups in total. The fourth-order valence-corrected chi connectivity index (χ4v) is 3.04. The number of amides is 2. The Bertz CT molecular complexity index is 562. The third kappa shape index (κ3) is 7.75. The standard InChI is InChI=1S/C18H27N3O3.ClH/c1-13(15-5-7-20-8-6-15)9-18(23)21-11-14-3-2-4-16(10-14)24-12-17(19)22;/h2-4,10,13,15,20H,5-9,11-12H2,1H3,(H2,19,22)(H,21,23);1H. The predicted octanol–water partition coefficient (Wildman–Crippen LogP) is 1.61. The molecule has 0 aromatic heterocycles. The Labute approximate surface area is 155 Å². The van der Waals surface area contributed by atoms with Crippen LogP contribution in [0.15, 0.2) is 24.3 Å². The molecule has 140 valence electrons. The Kier molecular flexibility index (Phi) is 9.31. The number of carbonyl (C=O) groups excluding carboxylic acids is 2. The second kappa shape index (κ2) is 10.9. The zero-order valence-electron chi connectivity index (χ0n) is 14.6. The van der Waals surface area contributed by atoms with Crippen molar-refractivity contribution in [1.82, 2.24) is 10.6 Å². The fourth-order valence-electron chi connectivity index (χ4n) is 3.04. The minimum Gasteiger partial charge on any atom is -0.484 e. The van der Waals surface area contributed by atoms with Crippen LogP contribution < -0.4 is 21.1 Å². The third-order valence-electron chi connectivity index (χ3n) is 4.47. The SMILES string of the molecule is CC(CC(=O)NCc1cccc(OCC(N)=O)c1)C1CCNCC1.Cl.